The molecule has 0 unspecified atom stereocenters. The maximum absolute atomic E-state index is 11.2. The van der Waals surface area contributed by atoms with Gasteiger partial charge in [-0.1, -0.05) is 0 Å². The van der Waals surface area contributed by atoms with Gasteiger partial charge >= 0.3 is 0 Å². The van der Waals surface area contributed by atoms with Crippen molar-refractivity contribution in [3.05, 3.63) is 22.8 Å². The third kappa shape index (κ3) is 1.00. The summed E-state index contributed by atoms with van der Waals surface area (Å²) in [6.07, 6.45) is 0. The van der Waals surface area contributed by atoms with Gasteiger partial charge in [-0.25, -0.2) is 9.97 Å². The van der Waals surface area contributed by atoms with Gasteiger partial charge in [-0.2, -0.15) is 0 Å². The van der Waals surface area contributed by atoms with Crippen LogP contribution in [0.5, 0.6) is 0 Å². The lowest BCUT2D eigenvalue weighted by molar-refractivity contribution is 0.0978. The second kappa shape index (κ2) is 2.35. The maximum Gasteiger partial charge on any atom is 0.277 e. The van der Waals surface area contributed by atoms with E-state index in [0.29, 0.717) is 5.69 Å². The van der Waals surface area contributed by atoms with Gasteiger partial charge < -0.3 is 5.32 Å². The monoisotopic (exact) mass is 176 g/mol. The number of fused-ring (bicyclic) bond motifs is 1. The first kappa shape index (κ1) is 7.85. The first-order valence-electron chi connectivity index (χ1n) is 3.85. The molecule has 1 aliphatic heterocycles. The molecule has 0 bridgehead atoms. The summed E-state index contributed by atoms with van der Waals surface area (Å²) < 4.78 is 0. The average molecular weight is 176 g/mol. The van der Waals surface area contributed by atoms with Crippen molar-refractivity contribution in [1.82, 2.24) is 15.3 Å². The molecule has 66 valence electrons. The fourth-order valence-corrected chi connectivity index (χ4v) is 1.17. The molecule has 2 N–H and O–H groups in total. The van der Waals surface area contributed by atoms with Crippen molar-refractivity contribution in [2.75, 3.05) is 0 Å². The van der Waals surface area contributed by atoms with Gasteiger partial charge in [0, 0.05) is 0 Å². The molecule has 0 aliphatic carbocycles. The van der Waals surface area contributed by atoms with E-state index in [1.807, 2.05) is 0 Å². The minimum atomic E-state index is -0.337. The standard InChI is InChI=1S/C8H8N4O/c1-3-4(2)11-6-5(10-3)7(9)12-8(6)13/h1-2H3,(H2,9,12,13). The van der Waals surface area contributed by atoms with Crippen molar-refractivity contribution < 1.29 is 4.79 Å². The van der Waals surface area contributed by atoms with Crippen LogP contribution in [0.15, 0.2) is 0 Å². The molecule has 2 rings (SSSR count). The molecule has 0 fully saturated rings. The Morgan fingerprint density at radius 1 is 1.15 bits per heavy atom. The molecule has 5 nitrogen and oxygen atoms in total. The molecule has 13 heavy (non-hydrogen) atoms. The summed E-state index contributed by atoms with van der Waals surface area (Å²) in [4.78, 5) is 19.4. The fourth-order valence-electron chi connectivity index (χ4n) is 1.17. The molecule has 2 heterocycles. The normalized spacial score (nSPS) is 14.3. The summed E-state index contributed by atoms with van der Waals surface area (Å²) in [6, 6.07) is 0. The first-order valence-corrected chi connectivity index (χ1v) is 3.85. The molecular weight excluding hydrogens is 168 g/mol. The molecule has 0 radical (unpaired) electrons. The predicted molar refractivity (Wildman–Crippen MR) is 45.8 cm³/mol. The Labute approximate surface area is 74.7 Å². The van der Waals surface area contributed by atoms with Crippen LogP contribution >= 0.6 is 0 Å². The molecular formula is C8H8N4O. The third-order valence-electron chi connectivity index (χ3n) is 2.00. The van der Waals surface area contributed by atoms with Crippen LogP contribution in [-0.2, 0) is 0 Å². The van der Waals surface area contributed by atoms with E-state index in [9.17, 15) is 4.79 Å². The summed E-state index contributed by atoms with van der Waals surface area (Å²) in [5.74, 6) is -0.300. The topological polar surface area (TPSA) is 78.7 Å². The van der Waals surface area contributed by atoms with Crippen LogP contribution in [-0.4, -0.2) is 21.7 Å². The van der Waals surface area contributed by atoms with Crippen LogP contribution in [0.1, 0.15) is 27.6 Å². The van der Waals surface area contributed by atoms with Gasteiger partial charge in [-0.3, -0.25) is 10.2 Å². The van der Waals surface area contributed by atoms with Gasteiger partial charge in [0.2, 0.25) is 0 Å². The van der Waals surface area contributed by atoms with Crippen molar-refractivity contribution in [2.45, 2.75) is 13.8 Å². The van der Waals surface area contributed by atoms with E-state index in [1.54, 1.807) is 13.8 Å². The number of rotatable bonds is 0. The summed E-state index contributed by atoms with van der Waals surface area (Å²) in [6.45, 7) is 3.59. The molecule has 0 aromatic carbocycles. The highest BCUT2D eigenvalue weighted by molar-refractivity contribution is 6.20. The van der Waals surface area contributed by atoms with Crippen molar-refractivity contribution in [3.63, 3.8) is 0 Å². The molecule has 0 atom stereocenters. The van der Waals surface area contributed by atoms with Crippen molar-refractivity contribution >= 4 is 11.7 Å². The fraction of sp³-hybridized carbons (Fsp3) is 0.250. The predicted octanol–water partition coefficient (Wildman–Crippen LogP) is 0.162. The molecule has 0 saturated carbocycles. The number of amidine groups is 1. The molecule has 1 amide bonds. The lowest BCUT2D eigenvalue weighted by atomic mass is 10.3. The van der Waals surface area contributed by atoms with Crippen LogP contribution in [0.3, 0.4) is 0 Å². The van der Waals surface area contributed by atoms with E-state index in [1.165, 1.54) is 0 Å². The number of aryl methyl sites for hydroxylation is 2. The van der Waals surface area contributed by atoms with Gasteiger partial charge in [-0.15, -0.1) is 0 Å². The number of aromatic nitrogens is 2. The minimum absolute atomic E-state index is 0.0376. The Balaban J connectivity index is 2.72. The largest absolute Gasteiger partial charge is 0.304 e. The van der Waals surface area contributed by atoms with Crippen molar-refractivity contribution in [2.24, 2.45) is 0 Å². The minimum Gasteiger partial charge on any atom is -0.304 e. The lowest BCUT2D eigenvalue weighted by Crippen LogP contribution is -2.20. The van der Waals surface area contributed by atoms with Crippen molar-refractivity contribution in [1.29, 1.82) is 5.41 Å². The Bertz CT molecular complexity index is 385. The van der Waals surface area contributed by atoms with Crippen LogP contribution in [0.4, 0.5) is 0 Å². The smallest absolute Gasteiger partial charge is 0.277 e. The number of amides is 1. The summed E-state index contributed by atoms with van der Waals surface area (Å²) in [5.41, 5.74) is 2.09. The van der Waals surface area contributed by atoms with Gasteiger partial charge in [0.1, 0.15) is 5.69 Å². The molecule has 5 heteroatoms. The number of carbonyl (C=O) groups excluding carboxylic acids is 1. The summed E-state index contributed by atoms with van der Waals surface area (Å²) in [7, 11) is 0. The SMILES string of the molecule is Cc1nc2c(nc1C)C(=O)NC2=N. The van der Waals surface area contributed by atoms with Crippen LogP contribution in [0.2, 0.25) is 0 Å². The van der Waals surface area contributed by atoms with Gasteiger partial charge in [-0.05, 0) is 13.8 Å². The quantitative estimate of drug-likeness (QED) is 0.591. The number of carbonyl (C=O) groups is 1. The summed E-state index contributed by atoms with van der Waals surface area (Å²) >= 11 is 0. The van der Waals surface area contributed by atoms with Gasteiger partial charge in [0.15, 0.2) is 11.5 Å². The maximum atomic E-state index is 11.2. The zero-order valence-electron chi connectivity index (χ0n) is 7.30. The van der Waals surface area contributed by atoms with Gasteiger partial charge in [0.05, 0.1) is 11.4 Å². The van der Waals surface area contributed by atoms with E-state index < -0.39 is 0 Å². The zero-order chi connectivity index (χ0) is 9.59. The highest BCUT2D eigenvalue weighted by Crippen LogP contribution is 2.12. The van der Waals surface area contributed by atoms with Crippen molar-refractivity contribution in [3.8, 4) is 0 Å². The number of nitrogens with one attached hydrogen (secondary N) is 2. The Morgan fingerprint density at radius 2 is 1.69 bits per heavy atom. The average Bonchev–Trinajstić information content (AvgIpc) is 2.31. The van der Waals surface area contributed by atoms with E-state index in [0.717, 1.165) is 11.4 Å². The number of nitrogens with zero attached hydrogens (tertiary/aromatic N) is 2. The first-order chi connectivity index (χ1) is 6.09. The second-order valence-electron chi connectivity index (χ2n) is 2.92. The lowest BCUT2D eigenvalue weighted by Gasteiger charge is -1.99. The molecule has 1 aromatic heterocycles. The number of hydrogen-bond acceptors (Lipinski definition) is 4. The summed E-state index contributed by atoms with van der Waals surface area (Å²) in [5, 5.41) is 9.75. The third-order valence-corrected chi connectivity index (χ3v) is 2.00. The van der Waals surface area contributed by atoms with Crippen LogP contribution in [0, 0.1) is 19.3 Å². The second-order valence-corrected chi connectivity index (χ2v) is 2.92. The molecule has 1 aliphatic rings. The van der Waals surface area contributed by atoms with E-state index in [2.05, 4.69) is 15.3 Å². The van der Waals surface area contributed by atoms with E-state index in [4.69, 9.17) is 5.41 Å². The zero-order valence-corrected chi connectivity index (χ0v) is 7.30. The Morgan fingerprint density at radius 3 is 2.31 bits per heavy atom. The number of hydrogen-bond donors (Lipinski definition) is 2. The molecule has 0 spiro atoms. The Kier molecular flexibility index (Phi) is 1.42. The van der Waals surface area contributed by atoms with Gasteiger partial charge in [0.25, 0.3) is 5.91 Å². The highest BCUT2D eigenvalue weighted by Gasteiger charge is 2.27. The Hall–Kier alpha value is -1.78. The van der Waals surface area contributed by atoms with E-state index in [-0.39, 0.29) is 17.4 Å². The highest BCUT2D eigenvalue weighted by atomic mass is 16.2. The van der Waals surface area contributed by atoms with Crippen LogP contribution in [0.25, 0.3) is 0 Å². The van der Waals surface area contributed by atoms with E-state index >= 15 is 0 Å². The van der Waals surface area contributed by atoms with Crippen LogP contribution < -0.4 is 5.32 Å². The molecule has 1 aromatic rings. The molecule has 0 saturated heterocycles.